The molecule has 5 rings (SSSR count). The number of carboxylic acids is 1. The molecule has 1 saturated heterocycles. The maximum absolute atomic E-state index is 13.9. The molecule has 0 amide bonds. The minimum Gasteiger partial charge on any atom is -0.508 e. The molecule has 2 aliphatic rings. The van der Waals surface area contributed by atoms with Crippen molar-refractivity contribution < 1.29 is 24.1 Å². The number of ether oxygens (including phenoxy) is 1. The predicted molar refractivity (Wildman–Crippen MR) is 120 cm³/mol. The summed E-state index contributed by atoms with van der Waals surface area (Å²) in [5, 5.41) is 20.6. The summed E-state index contributed by atoms with van der Waals surface area (Å²) in [6, 6.07) is 10.1. The van der Waals surface area contributed by atoms with Crippen LogP contribution < -0.4 is 0 Å². The average molecular weight is 458 g/mol. The fourth-order valence-corrected chi connectivity index (χ4v) is 5.45. The number of phenols is 1. The molecule has 1 saturated carbocycles. The second-order valence-corrected chi connectivity index (χ2v) is 9.37. The number of aromatic nitrogens is 1. The molecule has 3 aromatic rings. The van der Waals surface area contributed by atoms with Gasteiger partial charge in [-0.2, -0.15) is 0 Å². The molecule has 7 heteroatoms. The Morgan fingerprint density at radius 3 is 2.59 bits per heavy atom. The molecule has 32 heavy (non-hydrogen) atoms. The van der Waals surface area contributed by atoms with Crippen LogP contribution in [0.2, 0.25) is 5.02 Å². The molecule has 0 unspecified atom stereocenters. The molecule has 0 atom stereocenters. The van der Waals surface area contributed by atoms with E-state index in [-0.39, 0.29) is 28.5 Å². The number of aromatic hydroxyl groups is 1. The zero-order chi connectivity index (χ0) is 22.4. The van der Waals surface area contributed by atoms with Gasteiger partial charge in [0.1, 0.15) is 11.6 Å². The van der Waals surface area contributed by atoms with Crippen LogP contribution in [0.3, 0.4) is 0 Å². The average Bonchev–Trinajstić information content (AvgIpc) is 3.06. The molecule has 2 N–H and O–H groups in total. The Hall–Kier alpha value is -2.57. The molecule has 0 radical (unpaired) electrons. The van der Waals surface area contributed by atoms with Gasteiger partial charge in [-0.1, -0.05) is 11.6 Å². The molecule has 2 fully saturated rings. The number of carboxylic acid groups (broad SMARTS) is 1. The number of benzene rings is 2. The quantitative estimate of drug-likeness (QED) is 0.517. The predicted octanol–water partition coefficient (Wildman–Crippen LogP) is 5.68. The van der Waals surface area contributed by atoms with Crippen LogP contribution in [-0.2, 0) is 16.0 Å². The van der Waals surface area contributed by atoms with E-state index in [0.717, 1.165) is 47.1 Å². The molecular weight excluding hydrogens is 433 g/mol. The van der Waals surface area contributed by atoms with Gasteiger partial charge in [0.05, 0.1) is 16.5 Å². The van der Waals surface area contributed by atoms with Crippen LogP contribution in [0.15, 0.2) is 36.4 Å². The van der Waals surface area contributed by atoms with Gasteiger partial charge in [-0.3, -0.25) is 4.79 Å². The van der Waals surface area contributed by atoms with E-state index in [9.17, 15) is 19.4 Å². The lowest BCUT2D eigenvalue weighted by Gasteiger charge is -2.33. The molecule has 0 spiro atoms. The first-order valence-corrected chi connectivity index (χ1v) is 11.4. The largest absolute Gasteiger partial charge is 0.508 e. The standard InChI is InChI=1S/C25H25ClFNO4/c26-21-12-17(1-3-22(21)27)28-23-4-2-18(29)13-19(23)20(11-14-9-16(10-14)25(30)31)24(28)15-5-7-32-8-6-15/h1-4,12-16,29H,5-11H2,(H,30,31). The van der Waals surface area contributed by atoms with Gasteiger partial charge in [0.25, 0.3) is 0 Å². The third kappa shape index (κ3) is 3.76. The maximum Gasteiger partial charge on any atom is 0.306 e. The number of nitrogens with zero attached hydrogens (tertiary/aromatic N) is 1. The van der Waals surface area contributed by atoms with Crippen LogP contribution in [0.4, 0.5) is 4.39 Å². The van der Waals surface area contributed by atoms with Crippen LogP contribution in [0.25, 0.3) is 16.6 Å². The lowest BCUT2D eigenvalue weighted by Crippen LogP contribution is -2.31. The minimum atomic E-state index is -0.730. The van der Waals surface area contributed by atoms with E-state index in [1.165, 1.54) is 6.07 Å². The summed E-state index contributed by atoms with van der Waals surface area (Å²) in [7, 11) is 0. The Morgan fingerprint density at radius 1 is 1.16 bits per heavy atom. The van der Waals surface area contributed by atoms with E-state index in [4.69, 9.17) is 16.3 Å². The Bertz CT molecular complexity index is 1180. The zero-order valence-electron chi connectivity index (χ0n) is 17.6. The molecule has 2 aromatic carbocycles. The van der Waals surface area contributed by atoms with Crippen LogP contribution in [0, 0.1) is 17.7 Å². The summed E-state index contributed by atoms with van der Waals surface area (Å²) in [6.07, 6.45) is 3.81. The molecule has 1 aliphatic heterocycles. The fourth-order valence-electron chi connectivity index (χ4n) is 5.27. The van der Waals surface area contributed by atoms with Crippen molar-refractivity contribution in [2.45, 2.75) is 38.0 Å². The van der Waals surface area contributed by atoms with Crippen molar-refractivity contribution in [1.82, 2.24) is 4.57 Å². The first-order chi connectivity index (χ1) is 15.4. The van der Waals surface area contributed by atoms with E-state index in [0.29, 0.717) is 26.1 Å². The first kappa shape index (κ1) is 21.3. The molecule has 5 nitrogen and oxygen atoms in total. The number of hydrogen-bond donors (Lipinski definition) is 2. The highest BCUT2D eigenvalue weighted by atomic mass is 35.5. The lowest BCUT2D eigenvalue weighted by molar-refractivity contribution is -0.146. The highest BCUT2D eigenvalue weighted by Crippen LogP contribution is 2.44. The van der Waals surface area contributed by atoms with Gasteiger partial charge in [0.15, 0.2) is 0 Å². The normalized spacial score (nSPS) is 21.6. The number of fused-ring (bicyclic) bond motifs is 1. The van der Waals surface area contributed by atoms with E-state index >= 15 is 0 Å². The van der Waals surface area contributed by atoms with Gasteiger partial charge in [-0.15, -0.1) is 0 Å². The summed E-state index contributed by atoms with van der Waals surface area (Å²) >= 11 is 6.14. The van der Waals surface area contributed by atoms with Gasteiger partial charge >= 0.3 is 5.97 Å². The Labute approximate surface area is 190 Å². The monoisotopic (exact) mass is 457 g/mol. The molecule has 2 heterocycles. The summed E-state index contributed by atoms with van der Waals surface area (Å²) in [5.74, 6) is -0.758. The number of halogens is 2. The molecule has 1 aromatic heterocycles. The van der Waals surface area contributed by atoms with Crippen molar-refractivity contribution >= 4 is 28.5 Å². The van der Waals surface area contributed by atoms with Gasteiger partial charge in [0.2, 0.25) is 0 Å². The Balaban J connectivity index is 1.68. The highest BCUT2D eigenvalue weighted by Gasteiger charge is 2.36. The topological polar surface area (TPSA) is 71.7 Å². The SMILES string of the molecule is O=C(O)C1CC(Cc2c(C3CCOCC3)n(-c3ccc(F)c(Cl)c3)c3ccc(O)cc23)C1. The van der Waals surface area contributed by atoms with Crippen molar-refractivity contribution in [3.8, 4) is 11.4 Å². The third-order valence-electron chi connectivity index (χ3n) is 6.94. The van der Waals surface area contributed by atoms with Crippen molar-refractivity contribution in [2.24, 2.45) is 11.8 Å². The van der Waals surface area contributed by atoms with Gasteiger partial charge in [-0.05, 0) is 80.0 Å². The molecular formula is C25H25ClFNO4. The van der Waals surface area contributed by atoms with Crippen LogP contribution in [-0.4, -0.2) is 34.0 Å². The minimum absolute atomic E-state index is 0.0610. The zero-order valence-corrected chi connectivity index (χ0v) is 18.3. The fraction of sp³-hybridized carbons (Fsp3) is 0.400. The Morgan fingerprint density at radius 2 is 1.91 bits per heavy atom. The molecule has 1 aliphatic carbocycles. The number of phenolic OH excluding ortho intramolecular Hbond substituents is 1. The summed E-state index contributed by atoms with van der Waals surface area (Å²) < 4.78 is 21.7. The van der Waals surface area contributed by atoms with Gasteiger partial charge < -0.3 is 19.5 Å². The summed E-state index contributed by atoms with van der Waals surface area (Å²) in [6.45, 7) is 1.34. The number of rotatable bonds is 5. The van der Waals surface area contributed by atoms with Crippen molar-refractivity contribution in [3.05, 3.63) is 58.5 Å². The van der Waals surface area contributed by atoms with Crippen molar-refractivity contribution in [3.63, 3.8) is 0 Å². The second-order valence-electron chi connectivity index (χ2n) is 8.96. The Kier molecular flexibility index (Phi) is 5.59. The van der Waals surface area contributed by atoms with Gasteiger partial charge in [0, 0.05) is 35.9 Å². The first-order valence-electron chi connectivity index (χ1n) is 11.0. The van der Waals surface area contributed by atoms with E-state index in [1.807, 2.05) is 6.07 Å². The number of hydrogen-bond acceptors (Lipinski definition) is 3. The highest BCUT2D eigenvalue weighted by molar-refractivity contribution is 6.30. The van der Waals surface area contributed by atoms with E-state index < -0.39 is 11.8 Å². The van der Waals surface area contributed by atoms with Gasteiger partial charge in [-0.25, -0.2) is 4.39 Å². The summed E-state index contributed by atoms with van der Waals surface area (Å²) in [5.41, 5.74) is 3.97. The number of aliphatic carboxylic acids is 1. The maximum atomic E-state index is 13.9. The molecule has 0 bridgehead atoms. The van der Waals surface area contributed by atoms with Crippen LogP contribution >= 0.6 is 11.6 Å². The van der Waals surface area contributed by atoms with E-state index in [1.54, 1.807) is 24.3 Å². The second kappa shape index (κ2) is 8.41. The lowest BCUT2D eigenvalue weighted by atomic mass is 9.71. The van der Waals surface area contributed by atoms with Crippen LogP contribution in [0.1, 0.15) is 42.9 Å². The number of carbonyl (C=O) groups is 1. The third-order valence-corrected chi connectivity index (χ3v) is 7.23. The summed E-state index contributed by atoms with van der Waals surface area (Å²) in [4.78, 5) is 11.3. The van der Waals surface area contributed by atoms with Crippen molar-refractivity contribution in [1.29, 1.82) is 0 Å². The molecule has 168 valence electrons. The van der Waals surface area contributed by atoms with Crippen molar-refractivity contribution in [2.75, 3.05) is 13.2 Å². The van der Waals surface area contributed by atoms with E-state index in [2.05, 4.69) is 4.57 Å². The smallest absolute Gasteiger partial charge is 0.306 e. The van der Waals surface area contributed by atoms with Crippen LogP contribution in [0.5, 0.6) is 5.75 Å².